The molecule has 8 nitrogen and oxygen atoms in total. The van der Waals surface area contributed by atoms with Gasteiger partial charge in [0.05, 0.1) is 11.6 Å². The second kappa shape index (κ2) is 10.4. The van der Waals surface area contributed by atoms with E-state index in [1.54, 1.807) is 6.07 Å². The lowest BCUT2D eigenvalue weighted by atomic mass is 10.1. The standard InChI is InChI=1S/C21H25F3N4O4S/c1-2-18-17-7-6-16(11-19(17)27-26-18)32-9-8-25-12-20(29)14-4-3-5-15(10-14)28-33(30,31)13-21(22,23)24/h3-7,10-11,20,25,28-29H,2,8-9,12-13H2,1H3,(H,26,27). The Bertz CT molecular complexity index is 1180. The quantitative estimate of drug-likeness (QED) is 0.310. The van der Waals surface area contributed by atoms with Crippen molar-refractivity contribution in [2.45, 2.75) is 25.6 Å². The third-order valence-electron chi connectivity index (χ3n) is 4.74. The van der Waals surface area contributed by atoms with Crippen molar-refractivity contribution in [1.29, 1.82) is 0 Å². The third kappa shape index (κ3) is 7.34. The molecule has 0 saturated carbocycles. The zero-order chi connectivity index (χ0) is 24.1. The Balaban J connectivity index is 1.46. The Hall–Kier alpha value is -2.83. The molecule has 4 N–H and O–H groups in total. The van der Waals surface area contributed by atoms with Crippen molar-refractivity contribution in [2.75, 3.05) is 30.2 Å². The van der Waals surface area contributed by atoms with Crippen LogP contribution < -0.4 is 14.8 Å². The summed E-state index contributed by atoms with van der Waals surface area (Å²) in [5, 5.41) is 21.6. The molecule has 180 valence electrons. The number of hydrogen-bond acceptors (Lipinski definition) is 6. The highest BCUT2D eigenvalue weighted by molar-refractivity contribution is 7.92. The predicted octanol–water partition coefficient (Wildman–Crippen LogP) is 3.13. The van der Waals surface area contributed by atoms with Crippen LogP contribution in [0.1, 0.15) is 24.3 Å². The molecule has 3 aromatic rings. The van der Waals surface area contributed by atoms with E-state index in [0.29, 0.717) is 24.5 Å². The summed E-state index contributed by atoms with van der Waals surface area (Å²) in [5.74, 6) is -1.32. The SMILES string of the molecule is CCc1[nH]nc2cc(OCCNCC(O)c3cccc(NS(=O)(=O)CC(F)(F)F)c3)ccc12. The number of fused-ring (bicyclic) bond motifs is 1. The largest absolute Gasteiger partial charge is 0.492 e. The number of anilines is 1. The van der Waals surface area contributed by atoms with Gasteiger partial charge in [-0.1, -0.05) is 19.1 Å². The molecule has 1 heterocycles. The van der Waals surface area contributed by atoms with E-state index in [9.17, 15) is 26.7 Å². The molecule has 1 atom stereocenters. The van der Waals surface area contributed by atoms with Crippen molar-refractivity contribution in [1.82, 2.24) is 15.5 Å². The molecule has 0 saturated heterocycles. The molecule has 0 bridgehead atoms. The van der Waals surface area contributed by atoms with Crippen LogP contribution in [0, 0.1) is 0 Å². The van der Waals surface area contributed by atoms with E-state index in [2.05, 4.69) is 15.5 Å². The van der Waals surface area contributed by atoms with Crippen LogP contribution in [0.4, 0.5) is 18.9 Å². The van der Waals surface area contributed by atoms with Crippen LogP contribution in [0.25, 0.3) is 10.9 Å². The Labute approximate surface area is 189 Å². The van der Waals surface area contributed by atoms with Gasteiger partial charge in [-0.05, 0) is 36.2 Å². The minimum Gasteiger partial charge on any atom is -0.492 e. The third-order valence-corrected chi connectivity index (χ3v) is 6.00. The van der Waals surface area contributed by atoms with Gasteiger partial charge in [-0.2, -0.15) is 18.3 Å². The van der Waals surface area contributed by atoms with Crippen LogP contribution >= 0.6 is 0 Å². The van der Waals surface area contributed by atoms with Gasteiger partial charge in [-0.3, -0.25) is 9.82 Å². The monoisotopic (exact) mass is 486 g/mol. The zero-order valence-electron chi connectivity index (χ0n) is 17.8. The van der Waals surface area contributed by atoms with Crippen LogP contribution in [0.15, 0.2) is 42.5 Å². The van der Waals surface area contributed by atoms with E-state index in [1.165, 1.54) is 18.2 Å². The molecule has 2 aromatic carbocycles. The summed E-state index contributed by atoms with van der Waals surface area (Å²) in [6, 6.07) is 11.2. The molecule has 3 rings (SSSR count). The normalized spacial score (nSPS) is 13.2. The fraction of sp³-hybridized carbons (Fsp3) is 0.381. The number of halogens is 3. The second-order valence-electron chi connectivity index (χ2n) is 7.40. The minimum atomic E-state index is -4.85. The molecule has 0 amide bonds. The molecule has 0 radical (unpaired) electrons. The number of nitrogens with one attached hydrogen (secondary N) is 3. The van der Waals surface area contributed by atoms with Crippen molar-refractivity contribution in [3.05, 3.63) is 53.7 Å². The summed E-state index contributed by atoms with van der Waals surface area (Å²) in [6.07, 6.45) is -4.99. The Morgan fingerprint density at radius 2 is 2.00 bits per heavy atom. The smallest absolute Gasteiger partial charge is 0.404 e. The van der Waals surface area contributed by atoms with Crippen molar-refractivity contribution >= 4 is 26.6 Å². The maximum Gasteiger partial charge on any atom is 0.404 e. The molecule has 0 aliphatic rings. The lowest BCUT2D eigenvalue weighted by Gasteiger charge is -2.15. The van der Waals surface area contributed by atoms with Crippen LogP contribution in [-0.4, -0.2) is 55.3 Å². The first kappa shape index (κ1) is 24.8. The van der Waals surface area contributed by atoms with Crippen molar-refractivity contribution in [3.63, 3.8) is 0 Å². The molecule has 0 fully saturated rings. The predicted molar refractivity (Wildman–Crippen MR) is 119 cm³/mol. The number of H-pyrrole nitrogens is 1. The van der Waals surface area contributed by atoms with E-state index in [4.69, 9.17) is 4.74 Å². The van der Waals surface area contributed by atoms with Gasteiger partial charge >= 0.3 is 6.18 Å². The maximum atomic E-state index is 12.4. The molecular weight excluding hydrogens is 461 g/mol. The topological polar surface area (TPSA) is 116 Å². The summed E-state index contributed by atoms with van der Waals surface area (Å²) >= 11 is 0. The van der Waals surface area contributed by atoms with Crippen LogP contribution in [0.3, 0.4) is 0 Å². The number of ether oxygens (including phenoxy) is 1. The Morgan fingerprint density at radius 1 is 1.21 bits per heavy atom. The average Bonchev–Trinajstić information content (AvgIpc) is 3.13. The maximum absolute atomic E-state index is 12.4. The summed E-state index contributed by atoms with van der Waals surface area (Å²) in [6.45, 7) is 2.94. The molecule has 0 aliphatic carbocycles. The number of hydrogen-bond donors (Lipinski definition) is 4. The first-order valence-corrected chi connectivity index (χ1v) is 11.9. The number of alkyl halides is 3. The number of benzene rings is 2. The summed E-state index contributed by atoms with van der Waals surface area (Å²) < 4.78 is 67.9. The fourth-order valence-corrected chi connectivity index (χ4v) is 4.23. The van der Waals surface area contributed by atoms with Gasteiger partial charge in [0.25, 0.3) is 0 Å². The van der Waals surface area contributed by atoms with Crippen LogP contribution in [0.5, 0.6) is 5.75 Å². The van der Waals surface area contributed by atoms with Gasteiger partial charge in [0.1, 0.15) is 12.4 Å². The highest BCUT2D eigenvalue weighted by Crippen LogP contribution is 2.23. The summed E-state index contributed by atoms with van der Waals surface area (Å²) in [4.78, 5) is 0. The first-order chi connectivity index (χ1) is 15.6. The highest BCUT2D eigenvalue weighted by Gasteiger charge is 2.35. The summed E-state index contributed by atoms with van der Waals surface area (Å²) in [5.41, 5.74) is 2.17. The number of aromatic amines is 1. The van der Waals surface area contributed by atoms with Crippen LogP contribution in [-0.2, 0) is 16.4 Å². The van der Waals surface area contributed by atoms with Crippen LogP contribution in [0.2, 0.25) is 0 Å². The van der Waals surface area contributed by atoms with E-state index in [0.717, 1.165) is 23.0 Å². The van der Waals surface area contributed by atoms with E-state index in [1.807, 2.05) is 29.8 Å². The molecule has 1 unspecified atom stereocenters. The molecule has 0 aliphatic heterocycles. The van der Waals surface area contributed by atoms with Crippen molar-refractivity contribution in [3.8, 4) is 5.75 Å². The molecule has 12 heteroatoms. The number of aromatic nitrogens is 2. The van der Waals surface area contributed by atoms with Gasteiger partial charge in [-0.15, -0.1) is 0 Å². The highest BCUT2D eigenvalue weighted by atomic mass is 32.2. The fourth-order valence-electron chi connectivity index (χ4n) is 3.24. The first-order valence-electron chi connectivity index (χ1n) is 10.2. The average molecular weight is 487 g/mol. The number of aliphatic hydroxyl groups is 1. The second-order valence-corrected chi connectivity index (χ2v) is 9.13. The van der Waals surface area contributed by atoms with Gasteiger partial charge in [0, 0.05) is 35.9 Å². The molecule has 33 heavy (non-hydrogen) atoms. The number of sulfonamides is 1. The minimum absolute atomic E-state index is 0.0564. The van der Waals surface area contributed by atoms with E-state index >= 15 is 0 Å². The summed E-state index contributed by atoms with van der Waals surface area (Å²) in [7, 11) is -4.59. The van der Waals surface area contributed by atoms with Gasteiger partial charge < -0.3 is 15.2 Å². The lowest BCUT2D eigenvalue weighted by Crippen LogP contribution is -2.28. The van der Waals surface area contributed by atoms with E-state index in [-0.39, 0.29) is 12.2 Å². The van der Waals surface area contributed by atoms with Gasteiger partial charge in [0.2, 0.25) is 10.0 Å². The Kier molecular flexibility index (Phi) is 7.82. The number of nitrogens with zero attached hydrogens (tertiary/aromatic N) is 1. The Morgan fingerprint density at radius 3 is 2.73 bits per heavy atom. The number of rotatable bonds is 11. The number of aryl methyl sites for hydroxylation is 1. The van der Waals surface area contributed by atoms with Gasteiger partial charge in [0.15, 0.2) is 5.75 Å². The molecule has 0 spiro atoms. The van der Waals surface area contributed by atoms with E-state index < -0.39 is 28.1 Å². The van der Waals surface area contributed by atoms with Crippen molar-refractivity contribution < 1.29 is 31.4 Å². The molecule has 1 aromatic heterocycles. The van der Waals surface area contributed by atoms with Gasteiger partial charge in [-0.25, -0.2) is 8.42 Å². The lowest BCUT2D eigenvalue weighted by molar-refractivity contribution is -0.106. The number of aliphatic hydroxyl groups excluding tert-OH is 1. The zero-order valence-corrected chi connectivity index (χ0v) is 18.6. The molecular formula is C21H25F3N4O4S. The van der Waals surface area contributed by atoms with Crippen molar-refractivity contribution in [2.24, 2.45) is 0 Å².